The second-order valence-electron chi connectivity index (χ2n) is 10.3. The van der Waals surface area contributed by atoms with Crippen molar-refractivity contribution in [2.45, 2.75) is 63.4 Å². The maximum Gasteiger partial charge on any atom is 0.144 e. The van der Waals surface area contributed by atoms with Crippen molar-refractivity contribution in [3.05, 3.63) is 93.5 Å². The van der Waals surface area contributed by atoms with Crippen LogP contribution in [0.15, 0.2) is 60.7 Å². The number of aliphatic hydroxyl groups is 2. The summed E-state index contributed by atoms with van der Waals surface area (Å²) in [5.74, 6) is 1.76. The highest BCUT2D eigenvalue weighted by atomic mass is 35.5. The van der Waals surface area contributed by atoms with Crippen molar-refractivity contribution in [1.82, 2.24) is 0 Å². The van der Waals surface area contributed by atoms with Gasteiger partial charge in [0, 0.05) is 29.8 Å². The minimum Gasteiger partial charge on any atom is -0.489 e. The van der Waals surface area contributed by atoms with Gasteiger partial charge in [0.25, 0.3) is 0 Å². The Labute approximate surface area is 217 Å². The zero-order valence-corrected chi connectivity index (χ0v) is 21.5. The highest BCUT2D eigenvalue weighted by Crippen LogP contribution is 2.37. The molecule has 36 heavy (non-hydrogen) atoms. The predicted octanol–water partition coefficient (Wildman–Crippen LogP) is 5.59. The van der Waals surface area contributed by atoms with Crippen molar-refractivity contribution < 1.29 is 24.4 Å². The van der Waals surface area contributed by atoms with E-state index in [0.29, 0.717) is 30.9 Å². The molecule has 2 aliphatic rings. The maximum atomic E-state index is 10.2. The van der Waals surface area contributed by atoms with Gasteiger partial charge in [-0.1, -0.05) is 48.0 Å². The first kappa shape index (κ1) is 25.1. The van der Waals surface area contributed by atoms with E-state index in [1.54, 1.807) is 0 Å². The van der Waals surface area contributed by atoms with Crippen molar-refractivity contribution in [3.8, 4) is 11.5 Å². The molecule has 2 aliphatic heterocycles. The molecule has 4 atom stereocenters. The third kappa shape index (κ3) is 5.55. The van der Waals surface area contributed by atoms with Crippen LogP contribution >= 0.6 is 11.6 Å². The van der Waals surface area contributed by atoms with Crippen molar-refractivity contribution in [3.63, 3.8) is 0 Å². The molecule has 3 aromatic carbocycles. The van der Waals surface area contributed by atoms with Gasteiger partial charge >= 0.3 is 0 Å². The Morgan fingerprint density at radius 1 is 1.08 bits per heavy atom. The molecule has 4 unspecified atom stereocenters. The lowest BCUT2D eigenvalue weighted by molar-refractivity contribution is -0.113. The molecule has 2 heterocycles. The molecular formula is C30H33ClO5. The summed E-state index contributed by atoms with van der Waals surface area (Å²) in [4.78, 5) is 0. The van der Waals surface area contributed by atoms with Gasteiger partial charge < -0.3 is 24.4 Å². The lowest BCUT2D eigenvalue weighted by atomic mass is 9.94. The number of hydrogen-bond donors (Lipinski definition) is 2. The molecule has 190 valence electrons. The van der Waals surface area contributed by atoms with Gasteiger partial charge in [0.15, 0.2) is 0 Å². The summed E-state index contributed by atoms with van der Waals surface area (Å²) in [6, 6.07) is 20.1. The fraction of sp³-hybridized carbons (Fsp3) is 0.400. The summed E-state index contributed by atoms with van der Waals surface area (Å²) in [6.07, 6.45) is 1.38. The number of benzene rings is 3. The minimum absolute atomic E-state index is 0.0969. The molecule has 0 aromatic heterocycles. The van der Waals surface area contributed by atoms with Gasteiger partial charge in [-0.2, -0.15) is 0 Å². The first-order chi connectivity index (χ1) is 17.3. The van der Waals surface area contributed by atoms with Gasteiger partial charge in [0.2, 0.25) is 0 Å². The summed E-state index contributed by atoms with van der Waals surface area (Å²) in [5.41, 5.74) is 5.20. The van der Waals surface area contributed by atoms with Crippen LogP contribution < -0.4 is 9.47 Å². The van der Waals surface area contributed by atoms with E-state index < -0.39 is 6.10 Å². The van der Waals surface area contributed by atoms with Crippen LogP contribution in [0.25, 0.3) is 0 Å². The second kappa shape index (κ2) is 10.4. The molecule has 5 rings (SSSR count). The van der Waals surface area contributed by atoms with Crippen molar-refractivity contribution in [2.75, 3.05) is 13.2 Å². The molecule has 0 amide bonds. The van der Waals surface area contributed by atoms with E-state index in [9.17, 15) is 10.2 Å². The average Bonchev–Trinajstić information content (AvgIpc) is 3.22. The third-order valence-electron chi connectivity index (χ3n) is 7.16. The Morgan fingerprint density at radius 3 is 2.64 bits per heavy atom. The Bertz CT molecular complexity index is 1210. The van der Waals surface area contributed by atoms with Crippen LogP contribution in [0.3, 0.4) is 0 Å². The van der Waals surface area contributed by atoms with E-state index in [-0.39, 0.29) is 24.4 Å². The average molecular weight is 509 g/mol. The highest BCUT2D eigenvalue weighted by molar-refractivity contribution is 6.31. The number of ether oxygens (including phenoxy) is 3. The smallest absolute Gasteiger partial charge is 0.144 e. The molecular weight excluding hydrogens is 476 g/mol. The summed E-state index contributed by atoms with van der Waals surface area (Å²) in [6.45, 7) is 4.58. The zero-order chi connectivity index (χ0) is 25.3. The van der Waals surface area contributed by atoms with Gasteiger partial charge in [-0.15, -0.1) is 0 Å². The van der Waals surface area contributed by atoms with E-state index in [0.717, 1.165) is 34.6 Å². The standard InChI is InChI=1S/C30H33ClO5/c1-19-4-3-5-28-26(19)16-30(2,36-28)18-34-24-9-6-20(7-10-24)12-22-13-21(8-11-27(22)31)29-15-23(33)14-25(17-32)35-29/h3-11,13,23,25,29,32-33H,12,14-18H2,1-2H3. The summed E-state index contributed by atoms with van der Waals surface area (Å²) < 4.78 is 18.3. The van der Waals surface area contributed by atoms with E-state index in [2.05, 4.69) is 32.0 Å². The van der Waals surface area contributed by atoms with Crippen molar-refractivity contribution in [1.29, 1.82) is 0 Å². The van der Waals surface area contributed by atoms with E-state index in [1.807, 2.05) is 42.5 Å². The van der Waals surface area contributed by atoms with Crippen LogP contribution in [0.5, 0.6) is 11.5 Å². The molecule has 1 fully saturated rings. The third-order valence-corrected chi connectivity index (χ3v) is 7.53. The zero-order valence-electron chi connectivity index (χ0n) is 20.7. The predicted molar refractivity (Wildman–Crippen MR) is 140 cm³/mol. The van der Waals surface area contributed by atoms with Crippen LogP contribution in [0.2, 0.25) is 5.02 Å². The normalized spacial score (nSPS) is 25.3. The first-order valence-electron chi connectivity index (χ1n) is 12.5. The van der Waals surface area contributed by atoms with E-state index in [1.165, 1.54) is 11.1 Å². The number of rotatable bonds is 7. The molecule has 0 spiro atoms. The summed E-state index contributed by atoms with van der Waals surface area (Å²) >= 11 is 6.52. The Balaban J connectivity index is 1.22. The molecule has 0 bridgehead atoms. The molecule has 0 aliphatic carbocycles. The molecule has 6 heteroatoms. The fourth-order valence-corrected chi connectivity index (χ4v) is 5.35. The highest BCUT2D eigenvalue weighted by Gasteiger charge is 2.36. The summed E-state index contributed by atoms with van der Waals surface area (Å²) in [7, 11) is 0. The topological polar surface area (TPSA) is 68.2 Å². The largest absolute Gasteiger partial charge is 0.489 e. The monoisotopic (exact) mass is 508 g/mol. The fourth-order valence-electron chi connectivity index (χ4n) is 5.17. The van der Waals surface area contributed by atoms with Crippen LogP contribution in [-0.2, 0) is 17.6 Å². The van der Waals surface area contributed by atoms with Crippen molar-refractivity contribution >= 4 is 11.6 Å². The van der Waals surface area contributed by atoms with Crippen molar-refractivity contribution in [2.24, 2.45) is 0 Å². The second-order valence-corrected chi connectivity index (χ2v) is 10.7. The van der Waals surface area contributed by atoms with E-state index >= 15 is 0 Å². The molecule has 2 N–H and O–H groups in total. The molecule has 3 aromatic rings. The number of hydrogen-bond acceptors (Lipinski definition) is 5. The number of aliphatic hydroxyl groups excluding tert-OH is 2. The van der Waals surface area contributed by atoms with Gasteiger partial charge in [-0.3, -0.25) is 0 Å². The van der Waals surface area contributed by atoms with Crippen LogP contribution in [-0.4, -0.2) is 41.2 Å². The SMILES string of the molecule is Cc1cccc2c1CC(C)(COc1ccc(Cc3cc(C4CC(O)CC(CO)O4)ccc3Cl)cc1)O2. The van der Waals surface area contributed by atoms with Crippen LogP contribution in [0, 0.1) is 6.92 Å². The quantitative estimate of drug-likeness (QED) is 0.435. The van der Waals surface area contributed by atoms with E-state index in [4.69, 9.17) is 25.8 Å². The van der Waals surface area contributed by atoms with Gasteiger partial charge in [-0.25, -0.2) is 0 Å². The van der Waals surface area contributed by atoms with Gasteiger partial charge in [0.05, 0.1) is 24.9 Å². The number of halogens is 1. The van der Waals surface area contributed by atoms with Crippen LogP contribution in [0.1, 0.15) is 53.7 Å². The Kier molecular flexibility index (Phi) is 7.27. The lowest BCUT2D eigenvalue weighted by Gasteiger charge is -2.32. The van der Waals surface area contributed by atoms with Crippen LogP contribution in [0.4, 0.5) is 0 Å². The molecule has 0 radical (unpaired) electrons. The van der Waals surface area contributed by atoms with Gasteiger partial charge in [-0.05, 0) is 66.8 Å². The first-order valence-corrected chi connectivity index (χ1v) is 12.9. The Morgan fingerprint density at radius 2 is 1.89 bits per heavy atom. The number of aryl methyl sites for hydroxylation is 1. The maximum absolute atomic E-state index is 10.2. The minimum atomic E-state index is -0.484. The van der Waals surface area contributed by atoms with Gasteiger partial charge in [0.1, 0.15) is 23.7 Å². The molecule has 5 nitrogen and oxygen atoms in total. The number of fused-ring (bicyclic) bond motifs is 1. The summed E-state index contributed by atoms with van der Waals surface area (Å²) in [5, 5.41) is 20.3. The molecule has 0 saturated carbocycles. The molecule has 1 saturated heterocycles. The lowest BCUT2D eigenvalue weighted by Crippen LogP contribution is -2.37. The Hall–Kier alpha value is -2.57.